The Morgan fingerprint density at radius 2 is 2.11 bits per heavy atom. The average molecular weight is 246 g/mol. The van der Waals surface area contributed by atoms with E-state index >= 15 is 0 Å². The van der Waals surface area contributed by atoms with Crippen LogP contribution >= 0.6 is 0 Å². The lowest BCUT2D eigenvalue weighted by Crippen LogP contribution is -2.38. The first-order valence-corrected chi connectivity index (χ1v) is 7.01. The molecule has 2 N–H and O–H groups in total. The van der Waals surface area contributed by atoms with Crippen molar-refractivity contribution in [3.63, 3.8) is 0 Å². The molecule has 0 saturated heterocycles. The first-order valence-electron chi connectivity index (χ1n) is 7.01. The molecule has 0 radical (unpaired) electrons. The van der Waals surface area contributed by atoms with Gasteiger partial charge in [-0.3, -0.25) is 4.90 Å². The average Bonchev–Trinajstić information content (AvgIpc) is 2.93. The molecule has 0 bridgehead atoms. The molecule has 0 aliphatic heterocycles. The van der Waals surface area contributed by atoms with Gasteiger partial charge >= 0.3 is 0 Å². The summed E-state index contributed by atoms with van der Waals surface area (Å²) >= 11 is 0. The summed E-state index contributed by atoms with van der Waals surface area (Å²) in [5.74, 6) is 1.78. The fourth-order valence-electron chi connectivity index (χ4n) is 2.95. The fourth-order valence-corrected chi connectivity index (χ4v) is 2.95. The first-order chi connectivity index (χ1) is 8.49. The molecule has 1 fully saturated rings. The van der Waals surface area contributed by atoms with Crippen molar-refractivity contribution < 1.29 is 0 Å². The Balaban J connectivity index is 2.12. The van der Waals surface area contributed by atoms with Crippen molar-refractivity contribution in [1.29, 1.82) is 0 Å². The van der Waals surface area contributed by atoms with Crippen LogP contribution in [0.2, 0.25) is 0 Å². The van der Waals surface area contributed by atoms with Gasteiger partial charge in [0.2, 0.25) is 0 Å². The molecule has 100 valence electrons. The Morgan fingerprint density at radius 1 is 1.44 bits per heavy atom. The lowest BCUT2D eigenvalue weighted by Gasteiger charge is -2.32. The second kappa shape index (κ2) is 5.41. The largest absolute Gasteiger partial charge is 0.326 e. The van der Waals surface area contributed by atoms with E-state index in [-0.39, 0.29) is 6.04 Å². The van der Waals surface area contributed by atoms with Crippen molar-refractivity contribution in [3.8, 4) is 0 Å². The standard InChI is InChI=1S/C16H26N2/c1-11-6-5-7-14(8-11)16(13(3)17)18(4)10-15-9-12(15)2/h5-8,12-13,15-16H,9-10,17H2,1-4H3. The van der Waals surface area contributed by atoms with Gasteiger partial charge in [0.15, 0.2) is 0 Å². The molecule has 2 nitrogen and oxygen atoms in total. The number of benzene rings is 1. The van der Waals surface area contributed by atoms with Gasteiger partial charge in [-0.05, 0) is 44.7 Å². The zero-order chi connectivity index (χ0) is 13.3. The molecule has 4 unspecified atom stereocenters. The zero-order valence-electron chi connectivity index (χ0n) is 12.1. The Kier molecular flexibility index (Phi) is 4.08. The van der Waals surface area contributed by atoms with Gasteiger partial charge in [-0.15, -0.1) is 0 Å². The molecule has 2 rings (SSSR count). The van der Waals surface area contributed by atoms with Crippen molar-refractivity contribution in [2.24, 2.45) is 17.6 Å². The van der Waals surface area contributed by atoms with E-state index in [4.69, 9.17) is 5.73 Å². The van der Waals surface area contributed by atoms with E-state index in [1.165, 1.54) is 24.1 Å². The van der Waals surface area contributed by atoms with Crippen LogP contribution in [-0.2, 0) is 0 Å². The van der Waals surface area contributed by atoms with Gasteiger partial charge in [-0.25, -0.2) is 0 Å². The monoisotopic (exact) mass is 246 g/mol. The topological polar surface area (TPSA) is 29.3 Å². The second-order valence-corrected chi connectivity index (χ2v) is 6.13. The maximum Gasteiger partial charge on any atom is 0.0493 e. The molecule has 0 amide bonds. The third kappa shape index (κ3) is 3.12. The number of hydrogen-bond donors (Lipinski definition) is 1. The number of hydrogen-bond acceptors (Lipinski definition) is 2. The Bertz CT molecular complexity index is 400. The second-order valence-electron chi connectivity index (χ2n) is 6.13. The lowest BCUT2D eigenvalue weighted by molar-refractivity contribution is 0.208. The minimum absolute atomic E-state index is 0.158. The molecule has 0 heterocycles. The molecule has 18 heavy (non-hydrogen) atoms. The molecular formula is C16H26N2. The summed E-state index contributed by atoms with van der Waals surface area (Å²) in [4.78, 5) is 2.44. The predicted octanol–water partition coefficient (Wildman–Crippen LogP) is 2.97. The molecule has 0 spiro atoms. The van der Waals surface area contributed by atoms with Crippen LogP contribution in [-0.4, -0.2) is 24.5 Å². The van der Waals surface area contributed by atoms with Gasteiger partial charge < -0.3 is 5.73 Å². The molecule has 1 aliphatic rings. The first kappa shape index (κ1) is 13.6. The molecule has 1 saturated carbocycles. The van der Waals surface area contributed by atoms with E-state index in [1.54, 1.807) is 0 Å². The van der Waals surface area contributed by atoms with Crippen molar-refractivity contribution in [1.82, 2.24) is 4.90 Å². The zero-order valence-corrected chi connectivity index (χ0v) is 12.1. The Hall–Kier alpha value is -0.860. The van der Waals surface area contributed by atoms with E-state index < -0.39 is 0 Å². The number of nitrogens with zero attached hydrogens (tertiary/aromatic N) is 1. The van der Waals surface area contributed by atoms with Crippen LogP contribution in [0.5, 0.6) is 0 Å². The molecule has 1 aromatic carbocycles. The molecule has 1 aromatic rings. The van der Waals surface area contributed by atoms with E-state index in [2.05, 4.69) is 57.0 Å². The number of rotatable bonds is 5. The Morgan fingerprint density at radius 3 is 2.61 bits per heavy atom. The fraction of sp³-hybridized carbons (Fsp3) is 0.625. The van der Waals surface area contributed by atoms with Crippen molar-refractivity contribution in [2.45, 2.75) is 39.3 Å². The van der Waals surface area contributed by atoms with Crippen LogP contribution in [0.25, 0.3) is 0 Å². The van der Waals surface area contributed by atoms with Crippen LogP contribution in [0.1, 0.15) is 37.4 Å². The van der Waals surface area contributed by atoms with E-state index in [1.807, 2.05) is 0 Å². The van der Waals surface area contributed by atoms with Crippen LogP contribution in [0, 0.1) is 18.8 Å². The number of aryl methyl sites for hydroxylation is 1. The number of nitrogens with two attached hydrogens (primary N) is 1. The SMILES string of the molecule is Cc1cccc(C(C(C)N)N(C)CC2CC2C)c1. The van der Waals surface area contributed by atoms with Gasteiger partial charge in [0.1, 0.15) is 0 Å². The minimum Gasteiger partial charge on any atom is -0.326 e. The van der Waals surface area contributed by atoms with E-state index in [0.29, 0.717) is 6.04 Å². The molecule has 1 aliphatic carbocycles. The van der Waals surface area contributed by atoms with Gasteiger partial charge in [0, 0.05) is 18.6 Å². The molecule has 2 heteroatoms. The highest BCUT2D eigenvalue weighted by atomic mass is 15.2. The maximum absolute atomic E-state index is 6.21. The third-order valence-electron chi connectivity index (χ3n) is 4.16. The predicted molar refractivity (Wildman–Crippen MR) is 77.5 cm³/mol. The summed E-state index contributed by atoms with van der Waals surface area (Å²) in [6.45, 7) is 7.76. The third-order valence-corrected chi connectivity index (χ3v) is 4.16. The summed E-state index contributed by atoms with van der Waals surface area (Å²) in [7, 11) is 2.21. The summed E-state index contributed by atoms with van der Waals surface area (Å²) in [6.07, 6.45) is 1.38. The summed E-state index contributed by atoms with van der Waals surface area (Å²) in [6, 6.07) is 9.23. The highest BCUT2D eigenvalue weighted by Crippen LogP contribution is 2.39. The highest BCUT2D eigenvalue weighted by molar-refractivity contribution is 5.26. The highest BCUT2D eigenvalue weighted by Gasteiger charge is 2.35. The van der Waals surface area contributed by atoms with E-state index in [0.717, 1.165) is 11.8 Å². The quantitative estimate of drug-likeness (QED) is 0.865. The van der Waals surface area contributed by atoms with Gasteiger partial charge in [-0.2, -0.15) is 0 Å². The maximum atomic E-state index is 6.21. The summed E-state index contributed by atoms with van der Waals surface area (Å²) < 4.78 is 0. The van der Waals surface area contributed by atoms with Gasteiger partial charge in [0.05, 0.1) is 0 Å². The van der Waals surface area contributed by atoms with Crippen LogP contribution in [0.4, 0.5) is 0 Å². The summed E-state index contributed by atoms with van der Waals surface area (Å²) in [5, 5.41) is 0. The smallest absolute Gasteiger partial charge is 0.0493 e. The summed E-state index contributed by atoms with van der Waals surface area (Å²) in [5.41, 5.74) is 8.87. The van der Waals surface area contributed by atoms with Crippen molar-refractivity contribution >= 4 is 0 Å². The van der Waals surface area contributed by atoms with Gasteiger partial charge in [-0.1, -0.05) is 36.8 Å². The van der Waals surface area contributed by atoms with Crippen molar-refractivity contribution in [2.75, 3.05) is 13.6 Å². The van der Waals surface area contributed by atoms with Crippen LogP contribution in [0.15, 0.2) is 24.3 Å². The molecule has 4 atom stereocenters. The minimum atomic E-state index is 0.158. The Labute approximate surface area is 111 Å². The molecule has 0 aromatic heterocycles. The molecular weight excluding hydrogens is 220 g/mol. The van der Waals surface area contributed by atoms with Crippen molar-refractivity contribution in [3.05, 3.63) is 35.4 Å². The van der Waals surface area contributed by atoms with Crippen LogP contribution < -0.4 is 5.73 Å². The lowest BCUT2D eigenvalue weighted by atomic mass is 9.97. The number of likely N-dealkylation sites (N-methyl/N-ethyl adjacent to an activating group) is 1. The van der Waals surface area contributed by atoms with E-state index in [9.17, 15) is 0 Å². The van der Waals surface area contributed by atoms with Gasteiger partial charge in [0.25, 0.3) is 0 Å². The van der Waals surface area contributed by atoms with Crippen LogP contribution in [0.3, 0.4) is 0 Å². The normalized spacial score (nSPS) is 26.1.